The highest BCUT2D eigenvalue weighted by Gasteiger charge is 2.18. The van der Waals surface area contributed by atoms with E-state index in [0.29, 0.717) is 12.4 Å². The van der Waals surface area contributed by atoms with E-state index in [4.69, 9.17) is 15.2 Å². The molecule has 0 aliphatic carbocycles. The van der Waals surface area contributed by atoms with Crippen LogP contribution in [-0.4, -0.2) is 73.9 Å². The van der Waals surface area contributed by atoms with Gasteiger partial charge in [0.1, 0.15) is 0 Å². The van der Waals surface area contributed by atoms with Gasteiger partial charge in [-0.05, 0) is 67.9 Å². The highest BCUT2D eigenvalue weighted by atomic mass is 16.7. The summed E-state index contributed by atoms with van der Waals surface area (Å²) in [7, 11) is 0. The standard InChI is InChI=1S/C26H35N5O2/c27-8-2-9-29-12-14-30(15-13-29)10-3-11-31(19-23-5-1-4-22(16-23)18-28)20-24-6-7-25-26(17-24)33-21-32-25/h1,4-7,16-17H,2-3,8-15,19-21,27H2. The number of benzene rings is 2. The fraction of sp³-hybridized carbons (Fsp3) is 0.500. The summed E-state index contributed by atoms with van der Waals surface area (Å²) in [5.41, 5.74) is 8.74. The molecule has 33 heavy (non-hydrogen) atoms. The first-order valence-corrected chi connectivity index (χ1v) is 12.0. The third-order valence-corrected chi connectivity index (χ3v) is 6.40. The highest BCUT2D eigenvalue weighted by Crippen LogP contribution is 2.33. The van der Waals surface area contributed by atoms with Gasteiger partial charge in [-0.15, -0.1) is 0 Å². The number of piperazine rings is 1. The molecular weight excluding hydrogens is 414 g/mol. The fourth-order valence-corrected chi connectivity index (χ4v) is 4.58. The molecule has 0 aromatic heterocycles. The van der Waals surface area contributed by atoms with Crippen LogP contribution in [0.5, 0.6) is 11.5 Å². The molecule has 0 amide bonds. The summed E-state index contributed by atoms with van der Waals surface area (Å²) >= 11 is 0. The van der Waals surface area contributed by atoms with E-state index < -0.39 is 0 Å². The SMILES string of the molecule is N#Cc1cccc(CN(CCCN2CCN(CCCN)CC2)Cc2ccc3c(c2)OCO3)c1. The van der Waals surface area contributed by atoms with Crippen LogP contribution < -0.4 is 15.2 Å². The fourth-order valence-electron chi connectivity index (χ4n) is 4.58. The molecule has 2 N–H and O–H groups in total. The normalized spacial score (nSPS) is 16.3. The van der Waals surface area contributed by atoms with Gasteiger partial charge in [-0.1, -0.05) is 18.2 Å². The lowest BCUT2D eigenvalue weighted by Gasteiger charge is -2.35. The zero-order chi connectivity index (χ0) is 22.9. The van der Waals surface area contributed by atoms with E-state index in [1.165, 1.54) is 11.1 Å². The van der Waals surface area contributed by atoms with Crippen LogP contribution in [0, 0.1) is 11.3 Å². The first-order valence-electron chi connectivity index (χ1n) is 12.0. The van der Waals surface area contributed by atoms with Crippen LogP contribution in [0.4, 0.5) is 0 Å². The minimum atomic E-state index is 0.295. The lowest BCUT2D eigenvalue weighted by molar-refractivity contribution is 0.125. The molecule has 0 radical (unpaired) electrons. The second-order valence-electron chi connectivity index (χ2n) is 8.89. The lowest BCUT2D eigenvalue weighted by Crippen LogP contribution is -2.47. The maximum atomic E-state index is 9.27. The molecule has 1 fully saturated rings. The Morgan fingerprint density at radius 2 is 1.58 bits per heavy atom. The van der Waals surface area contributed by atoms with E-state index in [0.717, 1.165) is 89.8 Å². The monoisotopic (exact) mass is 449 g/mol. The van der Waals surface area contributed by atoms with Crippen molar-refractivity contribution in [2.24, 2.45) is 5.73 Å². The van der Waals surface area contributed by atoms with Crippen LogP contribution in [0.25, 0.3) is 0 Å². The number of nitrogens with two attached hydrogens (primary N) is 1. The van der Waals surface area contributed by atoms with Gasteiger partial charge in [0.25, 0.3) is 0 Å². The van der Waals surface area contributed by atoms with Crippen molar-refractivity contribution in [1.29, 1.82) is 5.26 Å². The van der Waals surface area contributed by atoms with Crippen LogP contribution in [0.2, 0.25) is 0 Å². The molecular formula is C26H35N5O2. The van der Waals surface area contributed by atoms with Crippen LogP contribution in [0.1, 0.15) is 29.5 Å². The Morgan fingerprint density at radius 1 is 0.879 bits per heavy atom. The van der Waals surface area contributed by atoms with Crippen molar-refractivity contribution in [3.63, 3.8) is 0 Å². The molecule has 0 spiro atoms. The first kappa shape index (κ1) is 23.5. The molecule has 2 heterocycles. The molecule has 0 bridgehead atoms. The van der Waals surface area contributed by atoms with E-state index in [-0.39, 0.29) is 0 Å². The molecule has 4 rings (SSSR count). The Morgan fingerprint density at radius 3 is 2.30 bits per heavy atom. The average molecular weight is 450 g/mol. The van der Waals surface area contributed by atoms with Crippen molar-refractivity contribution in [1.82, 2.24) is 14.7 Å². The Bertz CT molecular complexity index is 937. The molecule has 0 saturated carbocycles. The summed E-state index contributed by atoms with van der Waals surface area (Å²) < 4.78 is 11.0. The van der Waals surface area contributed by atoms with Crippen molar-refractivity contribution in [3.8, 4) is 17.6 Å². The van der Waals surface area contributed by atoms with Crippen molar-refractivity contribution in [2.45, 2.75) is 25.9 Å². The van der Waals surface area contributed by atoms with Gasteiger partial charge in [0.2, 0.25) is 6.79 Å². The minimum Gasteiger partial charge on any atom is -0.454 e. The van der Waals surface area contributed by atoms with Crippen molar-refractivity contribution in [2.75, 3.05) is 59.2 Å². The lowest BCUT2D eigenvalue weighted by atomic mass is 10.1. The number of hydrogen-bond acceptors (Lipinski definition) is 7. The third kappa shape index (κ3) is 6.92. The second-order valence-corrected chi connectivity index (χ2v) is 8.89. The van der Waals surface area contributed by atoms with E-state index in [2.05, 4.69) is 39.0 Å². The number of rotatable bonds is 11. The quantitative estimate of drug-likeness (QED) is 0.565. The summed E-state index contributed by atoms with van der Waals surface area (Å²) in [5, 5.41) is 9.27. The maximum absolute atomic E-state index is 9.27. The first-order chi connectivity index (χ1) is 16.2. The predicted octanol–water partition coefficient (Wildman–Crippen LogP) is 2.65. The highest BCUT2D eigenvalue weighted by molar-refractivity contribution is 5.44. The molecule has 2 aliphatic heterocycles. The van der Waals surface area contributed by atoms with Gasteiger partial charge in [-0.2, -0.15) is 5.26 Å². The number of ether oxygens (including phenoxy) is 2. The molecule has 0 unspecified atom stereocenters. The topological polar surface area (TPSA) is 78.0 Å². The summed E-state index contributed by atoms with van der Waals surface area (Å²) in [6.07, 6.45) is 2.20. The van der Waals surface area contributed by atoms with E-state index in [1.54, 1.807) is 0 Å². The van der Waals surface area contributed by atoms with Crippen LogP contribution in [0.15, 0.2) is 42.5 Å². The van der Waals surface area contributed by atoms with Crippen LogP contribution in [0.3, 0.4) is 0 Å². The van der Waals surface area contributed by atoms with Gasteiger partial charge in [0.15, 0.2) is 11.5 Å². The molecule has 2 aliphatic rings. The minimum absolute atomic E-state index is 0.295. The van der Waals surface area contributed by atoms with E-state index >= 15 is 0 Å². The second kappa shape index (κ2) is 12.0. The van der Waals surface area contributed by atoms with Crippen molar-refractivity contribution in [3.05, 3.63) is 59.2 Å². The van der Waals surface area contributed by atoms with Gasteiger partial charge in [0, 0.05) is 45.8 Å². The summed E-state index contributed by atoms with van der Waals surface area (Å²) in [4.78, 5) is 7.57. The van der Waals surface area contributed by atoms with Crippen molar-refractivity contribution < 1.29 is 9.47 Å². The molecule has 176 valence electrons. The van der Waals surface area contributed by atoms with Gasteiger partial charge < -0.3 is 25.0 Å². The number of fused-ring (bicyclic) bond motifs is 1. The van der Waals surface area contributed by atoms with Crippen LogP contribution >= 0.6 is 0 Å². The molecule has 2 aromatic rings. The molecule has 0 atom stereocenters. The van der Waals surface area contributed by atoms with Gasteiger partial charge in [0.05, 0.1) is 11.6 Å². The zero-order valence-corrected chi connectivity index (χ0v) is 19.4. The van der Waals surface area contributed by atoms with E-state index in [9.17, 15) is 5.26 Å². The zero-order valence-electron chi connectivity index (χ0n) is 19.4. The number of nitriles is 1. The van der Waals surface area contributed by atoms with Gasteiger partial charge in [-0.3, -0.25) is 4.90 Å². The van der Waals surface area contributed by atoms with Gasteiger partial charge in [-0.25, -0.2) is 0 Å². The number of nitrogens with zero attached hydrogens (tertiary/aromatic N) is 4. The summed E-state index contributed by atoms with van der Waals surface area (Å²) in [6.45, 7) is 10.5. The smallest absolute Gasteiger partial charge is 0.231 e. The Hall–Kier alpha value is -2.63. The third-order valence-electron chi connectivity index (χ3n) is 6.40. The Balaban J connectivity index is 1.33. The average Bonchev–Trinajstić information content (AvgIpc) is 3.31. The molecule has 2 aromatic carbocycles. The van der Waals surface area contributed by atoms with Crippen molar-refractivity contribution >= 4 is 0 Å². The summed E-state index contributed by atoms with van der Waals surface area (Å²) in [5.74, 6) is 1.64. The number of hydrogen-bond donors (Lipinski definition) is 1. The molecule has 7 heteroatoms. The Kier molecular flexibility index (Phi) is 8.56. The van der Waals surface area contributed by atoms with E-state index in [1.807, 2.05) is 24.3 Å². The largest absolute Gasteiger partial charge is 0.454 e. The predicted molar refractivity (Wildman–Crippen MR) is 129 cm³/mol. The van der Waals surface area contributed by atoms with Gasteiger partial charge >= 0.3 is 0 Å². The maximum Gasteiger partial charge on any atom is 0.231 e. The molecule has 1 saturated heterocycles. The molecule has 7 nitrogen and oxygen atoms in total. The van der Waals surface area contributed by atoms with Crippen LogP contribution in [-0.2, 0) is 13.1 Å². The summed E-state index contributed by atoms with van der Waals surface area (Å²) in [6, 6.07) is 16.4. The Labute approximate surface area is 197 Å².